The Labute approximate surface area is 177 Å². The largest absolute Gasteiger partial charge is 0.490 e. The number of fused-ring (bicyclic) bond motifs is 2. The number of benzene rings is 1. The number of aromatic nitrogens is 1. The van der Waals surface area contributed by atoms with Crippen LogP contribution in [0.4, 0.5) is 5.82 Å². The summed E-state index contributed by atoms with van der Waals surface area (Å²) in [5.41, 5.74) is 6.53. The average Bonchev–Trinajstić information content (AvgIpc) is 3.05. The first-order chi connectivity index (χ1) is 14.5. The summed E-state index contributed by atoms with van der Waals surface area (Å²) in [5.74, 6) is 2.06. The zero-order valence-electron chi connectivity index (χ0n) is 18.0. The molecule has 0 atom stereocenters. The maximum atomic E-state index is 12.4. The standard InChI is InChI=1S/C24H29N3O3/c1-15-16(2)23(25-21-13-26(3)24(28)22(15)21)27-9-6-19(7-10-27)30-20-5-4-17-8-11-29-14-18(17)12-20/h4-5,12,19H,6-11,13-14H2,1-3H3. The molecule has 1 amide bonds. The summed E-state index contributed by atoms with van der Waals surface area (Å²) in [7, 11) is 1.84. The van der Waals surface area contributed by atoms with Gasteiger partial charge in [0.2, 0.25) is 0 Å². The lowest BCUT2D eigenvalue weighted by atomic mass is 10.0. The van der Waals surface area contributed by atoms with Crippen molar-refractivity contribution in [3.63, 3.8) is 0 Å². The van der Waals surface area contributed by atoms with Crippen LogP contribution >= 0.6 is 0 Å². The second-order valence-electron chi connectivity index (χ2n) is 8.71. The molecule has 0 N–H and O–H groups in total. The molecule has 0 radical (unpaired) electrons. The number of carbonyl (C=O) groups excluding carboxylic acids is 1. The zero-order chi connectivity index (χ0) is 20.8. The van der Waals surface area contributed by atoms with Gasteiger partial charge in [-0.05, 0) is 54.7 Å². The van der Waals surface area contributed by atoms with Gasteiger partial charge in [0.15, 0.2) is 0 Å². The molecule has 6 heteroatoms. The van der Waals surface area contributed by atoms with E-state index in [1.165, 1.54) is 11.1 Å². The normalized spacial score (nSPS) is 19.1. The molecule has 0 unspecified atom stereocenters. The molecule has 2 aromatic rings. The predicted molar refractivity (Wildman–Crippen MR) is 115 cm³/mol. The number of anilines is 1. The van der Waals surface area contributed by atoms with Crippen molar-refractivity contribution in [2.45, 2.75) is 52.4 Å². The first-order valence-corrected chi connectivity index (χ1v) is 10.9. The van der Waals surface area contributed by atoms with Crippen LogP contribution in [0.3, 0.4) is 0 Å². The van der Waals surface area contributed by atoms with E-state index in [4.69, 9.17) is 14.5 Å². The number of hydrogen-bond acceptors (Lipinski definition) is 5. The Balaban J connectivity index is 1.27. The van der Waals surface area contributed by atoms with Crippen LogP contribution in [0.25, 0.3) is 0 Å². The van der Waals surface area contributed by atoms with Crippen LogP contribution < -0.4 is 9.64 Å². The highest BCUT2D eigenvalue weighted by Gasteiger charge is 2.31. The number of rotatable bonds is 3. The summed E-state index contributed by atoms with van der Waals surface area (Å²) in [6.07, 6.45) is 3.13. The Morgan fingerprint density at radius 1 is 1.13 bits per heavy atom. The lowest BCUT2D eigenvalue weighted by molar-refractivity contribution is 0.0815. The molecule has 3 aliphatic rings. The molecule has 4 heterocycles. The van der Waals surface area contributed by atoms with Gasteiger partial charge in [-0.15, -0.1) is 0 Å². The van der Waals surface area contributed by atoms with Crippen LogP contribution in [0.2, 0.25) is 0 Å². The minimum Gasteiger partial charge on any atom is -0.490 e. The van der Waals surface area contributed by atoms with E-state index in [1.54, 1.807) is 4.90 Å². The topological polar surface area (TPSA) is 54.9 Å². The summed E-state index contributed by atoms with van der Waals surface area (Å²) >= 11 is 0. The number of hydrogen-bond donors (Lipinski definition) is 0. The van der Waals surface area contributed by atoms with Gasteiger partial charge in [-0.2, -0.15) is 0 Å². The third-order valence-corrected chi connectivity index (χ3v) is 6.75. The smallest absolute Gasteiger partial charge is 0.256 e. The fraction of sp³-hybridized carbons (Fsp3) is 0.500. The highest BCUT2D eigenvalue weighted by molar-refractivity contribution is 5.99. The first-order valence-electron chi connectivity index (χ1n) is 10.9. The van der Waals surface area contributed by atoms with Crippen LogP contribution in [0.1, 0.15) is 51.1 Å². The molecule has 1 saturated heterocycles. The SMILES string of the molecule is Cc1c(N2CCC(Oc3ccc4c(c3)COCC4)CC2)nc2c(c1C)C(=O)N(C)C2. The van der Waals surface area contributed by atoms with Gasteiger partial charge >= 0.3 is 0 Å². The predicted octanol–water partition coefficient (Wildman–Crippen LogP) is 3.40. The highest BCUT2D eigenvalue weighted by Crippen LogP contribution is 2.33. The molecule has 5 rings (SSSR count). The molecule has 0 spiro atoms. The summed E-state index contributed by atoms with van der Waals surface area (Å²) in [6, 6.07) is 6.42. The fourth-order valence-electron chi connectivity index (χ4n) is 4.83. The molecule has 3 aliphatic heterocycles. The van der Waals surface area contributed by atoms with E-state index < -0.39 is 0 Å². The quantitative estimate of drug-likeness (QED) is 0.781. The van der Waals surface area contributed by atoms with E-state index in [2.05, 4.69) is 30.0 Å². The molecular weight excluding hydrogens is 378 g/mol. The summed E-state index contributed by atoms with van der Waals surface area (Å²) in [4.78, 5) is 21.4. The monoisotopic (exact) mass is 407 g/mol. The Bertz CT molecular complexity index is 996. The molecular formula is C24H29N3O3. The summed E-state index contributed by atoms with van der Waals surface area (Å²) in [6.45, 7) is 8.05. The minimum absolute atomic E-state index is 0.0900. The van der Waals surface area contributed by atoms with Crippen LogP contribution in [-0.4, -0.2) is 48.6 Å². The second-order valence-corrected chi connectivity index (χ2v) is 8.71. The molecule has 30 heavy (non-hydrogen) atoms. The van der Waals surface area contributed by atoms with E-state index >= 15 is 0 Å². The van der Waals surface area contributed by atoms with E-state index in [1.807, 2.05) is 14.0 Å². The molecule has 1 aromatic carbocycles. The van der Waals surface area contributed by atoms with Crippen molar-refractivity contribution in [1.82, 2.24) is 9.88 Å². The van der Waals surface area contributed by atoms with Crippen molar-refractivity contribution in [2.24, 2.45) is 0 Å². The van der Waals surface area contributed by atoms with E-state index in [9.17, 15) is 4.79 Å². The number of amides is 1. The van der Waals surface area contributed by atoms with Crippen molar-refractivity contribution in [3.05, 3.63) is 51.7 Å². The van der Waals surface area contributed by atoms with E-state index in [0.717, 1.165) is 72.9 Å². The van der Waals surface area contributed by atoms with Crippen molar-refractivity contribution < 1.29 is 14.3 Å². The Morgan fingerprint density at radius 3 is 2.73 bits per heavy atom. The van der Waals surface area contributed by atoms with Crippen LogP contribution in [0.5, 0.6) is 5.75 Å². The van der Waals surface area contributed by atoms with E-state index in [0.29, 0.717) is 13.2 Å². The zero-order valence-corrected chi connectivity index (χ0v) is 18.0. The van der Waals surface area contributed by atoms with Crippen LogP contribution in [-0.2, 0) is 24.3 Å². The van der Waals surface area contributed by atoms with Crippen molar-refractivity contribution in [3.8, 4) is 5.75 Å². The van der Waals surface area contributed by atoms with Gasteiger partial charge in [0, 0.05) is 33.0 Å². The maximum absolute atomic E-state index is 12.4. The second kappa shape index (κ2) is 7.58. The van der Waals surface area contributed by atoms with E-state index in [-0.39, 0.29) is 12.0 Å². The van der Waals surface area contributed by atoms with Gasteiger partial charge < -0.3 is 19.3 Å². The molecule has 0 saturated carbocycles. The van der Waals surface area contributed by atoms with Crippen molar-refractivity contribution in [1.29, 1.82) is 0 Å². The third-order valence-electron chi connectivity index (χ3n) is 6.75. The van der Waals surface area contributed by atoms with Gasteiger partial charge in [0.1, 0.15) is 17.7 Å². The van der Waals surface area contributed by atoms with Crippen molar-refractivity contribution in [2.75, 3.05) is 31.6 Å². The Morgan fingerprint density at radius 2 is 1.93 bits per heavy atom. The first kappa shape index (κ1) is 19.4. The van der Waals surface area contributed by atoms with Gasteiger partial charge in [0.05, 0.1) is 31.0 Å². The molecule has 1 aromatic heterocycles. The summed E-state index contributed by atoms with van der Waals surface area (Å²) in [5, 5.41) is 0. The fourth-order valence-corrected chi connectivity index (χ4v) is 4.83. The number of pyridine rings is 1. The number of nitrogens with zero attached hydrogens (tertiary/aromatic N) is 3. The lowest BCUT2D eigenvalue weighted by Crippen LogP contribution is -2.39. The molecule has 0 aliphatic carbocycles. The highest BCUT2D eigenvalue weighted by atomic mass is 16.5. The van der Waals surface area contributed by atoms with Crippen LogP contribution in [0.15, 0.2) is 18.2 Å². The Kier molecular flexibility index (Phi) is 4.89. The average molecular weight is 408 g/mol. The minimum atomic E-state index is 0.0900. The Hall–Kier alpha value is -2.60. The number of piperidine rings is 1. The lowest BCUT2D eigenvalue weighted by Gasteiger charge is -2.34. The molecule has 6 nitrogen and oxygen atoms in total. The molecule has 0 bridgehead atoms. The number of ether oxygens (including phenoxy) is 2. The van der Waals surface area contributed by atoms with Gasteiger partial charge in [-0.3, -0.25) is 4.79 Å². The van der Waals surface area contributed by atoms with Gasteiger partial charge in [-0.25, -0.2) is 4.98 Å². The van der Waals surface area contributed by atoms with Gasteiger partial charge in [0.25, 0.3) is 5.91 Å². The summed E-state index contributed by atoms with van der Waals surface area (Å²) < 4.78 is 11.9. The third kappa shape index (κ3) is 3.33. The number of carbonyl (C=O) groups is 1. The van der Waals surface area contributed by atoms with Crippen LogP contribution in [0, 0.1) is 13.8 Å². The molecule has 1 fully saturated rings. The van der Waals surface area contributed by atoms with Crippen molar-refractivity contribution >= 4 is 11.7 Å². The van der Waals surface area contributed by atoms with Gasteiger partial charge in [-0.1, -0.05) is 6.07 Å². The molecule has 158 valence electrons. The maximum Gasteiger partial charge on any atom is 0.256 e.